The van der Waals surface area contributed by atoms with Gasteiger partial charge in [-0.1, -0.05) is 41.4 Å². The molecule has 0 saturated heterocycles. The minimum Gasteiger partial charge on any atom is -0.449 e. The first-order chi connectivity index (χ1) is 9.58. The Kier molecular flexibility index (Phi) is 3.24. The topological polar surface area (TPSA) is 30.2 Å². The van der Waals surface area contributed by atoms with Crippen molar-refractivity contribution in [2.75, 3.05) is 0 Å². The zero-order valence-electron chi connectivity index (χ0n) is 9.99. The van der Waals surface area contributed by atoms with E-state index in [2.05, 4.69) is 0 Å². The molecule has 0 aliphatic carbocycles. The van der Waals surface area contributed by atoms with Crippen LogP contribution < -0.4 is 0 Å². The highest BCUT2D eigenvalue weighted by Gasteiger charge is 2.21. The third-order valence-electron chi connectivity index (χ3n) is 2.91. The monoisotopic (exact) mass is 308 g/mol. The minimum atomic E-state index is -0.521. The number of carbonyl (C=O) groups is 1. The lowest BCUT2D eigenvalue weighted by molar-refractivity contribution is 0.101. The van der Waals surface area contributed by atoms with Gasteiger partial charge in [0, 0.05) is 5.39 Å². The minimum absolute atomic E-state index is 0.0000926. The Hall–Kier alpha value is -1.84. The Morgan fingerprint density at radius 1 is 1.05 bits per heavy atom. The predicted molar refractivity (Wildman–Crippen MR) is 76.1 cm³/mol. The van der Waals surface area contributed by atoms with Gasteiger partial charge in [-0.25, -0.2) is 4.39 Å². The first kappa shape index (κ1) is 13.2. The van der Waals surface area contributed by atoms with Crippen molar-refractivity contribution in [1.82, 2.24) is 0 Å². The van der Waals surface area contributed by atoms with Gasteiger partial charge < -0.3 is 4.42 Å². The van der Waals surface area contributed by atoms with E-state index in [4.69, 9.17) is 27.6 Å². The maximum Gasteiger partial charge on any atom is 0.231 e. The second-order valence-corrected chi connectivity index (χ2v) is 5.01. The molecule has 0 bridgehead atoms. The smallest absolute Gasteiger partial charge is 0.231 e. The molecule has 0 aliphatic heterocycles. The quantitative estimate of drug-likeness (QED) is 0.616. The Morgan fingerprint density at radius 3 is 2.35 bits per heavy atom. The first-order valence-electron chi connectivity index (χ1n) is 5.74. The van der Waals surface area contributed by atoms with Gasteiger partial charge in [-0.2, -0.15) is 0 Å². The van der Waals surface area contributed by atoms with E-state index >= 15 is 0 Å². The molecule has 0 fully saturated rings. The number of halogens is 3. The Bertz CT molecular complexity index is 804. The van der Waals surface area contributed by atoms with E-state index in [0.29, 0.717) is 5.39 Å². The third-order valence-corrected chi connectivity index (χ3v) is 3.54. The highest BCUT2D eigenvalue weighted by atomic mass is 35.5. The number of fused-ring (bicyclic) bond motifs is 1. The molecule has 0 aliphatic rings. The molecule has 0 amide bonds. The van der Waals surface area contributed by atoms with Crippen molar-refractivity contribution in [2.45, 2.75) is 0 Å². The molecule has 2 aromatic carbocycles. The predicted octanol–water partition coefficient (Wildman–Crippen LogP) is 5.11. The lowest BCUT2D eigenvalue weighted by Crippen LogP contribution is -2.01. The van der Waals surface area contributed by atoms with Crippen molar-refractivity contribution in [1.29, 1.82) is 0 Å². The molecule has 1 aromatic heterocycles. The number of ketones is 1. The van der Waals surface area contributed by atoms with Crippen molar-refractivity contribution in [3.63, 3.8) is 0 Å². The van der Waals surface area contributed by atoms with Crippen LogP contribution in [-0.2, 0) is 0 Å². The molecule has 0 saturated carbocycles. The summed E-state index contributed by atoms with van der Waals surface area (Å²) in [5.41, 5.74) is 0.189. The fourth-order valence-corrected chi connectivity index (χ4v) is 2.55. The van der Waals surface area contributed by atoms with Gasteiger partial charge in [0.25, 0.3) is 0 Å². The first-order valence-corrected chi connectivity index (χ1v) is 6.50. The van der Waals surface area contributed by atoms with E-state index in [1.807, 2.05) is 0 Å². The summed E-state index contributed by atoms with van der Waals surface area (Å²) < 4.78 is 18.8. The molecular formula is C15H7Cl2FO2. The normalized spacial score (nSPS) is 10.9. The summed E-state index contributed by atoms with van der Waals surface area (Å²) in [6.45, 7) is 0. The van der Waals surface area contributed by atoms with Crippen LogP contribution in [-0.4, -0.2) is 5.78 Å². The molecule has 3 rings (SSSR count). The van der Waals surface area contributed by atoms with Crippen molar-refractivity contribution in [3.8, 4) is 0 Å². The van der Waals surface area contributed by atoms with Crippen molar-refractivity contribution in [2.24, 2.45) is 0 Å². The lowest BCUT2D eigenvalue weighted by atomic mass is 10.1. The molecule has 0 radical (unpaired) electrons. The number of para-hydroxylation sites is 1. The van der Waals surface area contributed by atoms with Gasteiger partial charge >= 0.3 is 0 Å². The number of hydrogen-bond donors (Lipinski definition) is 0. The summed E-state index contributed by atoms with van der Waals surface area (Å²) in [6, 6.07) is 10.7. The summed E-state index contributed by atoms with van der Waals surface area (Å²) in [5.74, 6) is -0.997. The molecule has 1 heterocycles. The van der Waals surface area contributed by atoms with E-state index in [1.165, 1.54) is 12.1 Å². The second kappa shape index (κ2) is 4.93. The zero-order valence-corrected chi connectivity index (χ0v) is 11.5. The summed E-state index contributed by atoms with van der Waals surface area (Å²) in [5, 5.41) is 0.961. The standard InChI is InChI=1S/C15H7Cl2FO2/c16-9-4-2-5-10(17)13(9)14(19)12-7-8-3-1-6-11(18)15(8)20-12/h1-7H. The summed E-state index contributed by atoms with van der Waals surface area (Å²) in [4.78, 5) is 12.4. The van der Waals surface area contributed by atoms with Gasteiger partial charge in [0.15, 0.2) is 17.2 Å². The van der Waals surface area contributed by atoms with Crippen LogP contribution in [0.25, 0.3) is 11.0 Å². The highest BCUT2D eigenvalue weighted by Crippen LogP contribution is 2.29. The summed E-state index contributed by atoms with van der Waals surface area (Å²) >= 11 is 12.0. The molecule has 100 valence electrons. The second-order valence-electron chi connectivity index (χ2n) is 4.19. The number of hydrogen-bond acceptors (Lipinski definition) is 2. The van der Waals surface area contributed by atoms with Gasteiger partial charge in [-0.05, 0) is 24.3 Å². The van der Waals surface area contributed by atoms with Crippen LogP contribution in [0.15, 0.2) is 46.9 Å². The van der Waals surface area contributed by atoms with Gasteiger partial charge in [0.05, 0.1) is 15.6 Å². The molecule has 0 atom stereocenters. The van der Waals surface area contributed by atoms with Crippen LogP contribution in [0, 0.1) is 5.82 Å². The molecule has 2 nitrogen and oxygen atoms in total. The maximum absolute atomic E-state index is 13.6. The van der Waals surface area contributed by atoms with Crippen molar-refractivity contribution < 1.29 is 13.6 Å². The van der Waals surface area contributed by atoms with Crippen LogP contribution >= 0.6 is 23.2 Å². The zero-order chi connectivity index (χ0) is 14.3. The molecule has 0 unspecified atom stereocenters. The van der Waals surface area contributed by atoms with Crippen LogP contribution in [0.1, 0.15) is 16.1 Å². The number of rotatable bonds is 2. The lowest BCUT2D eigenvalue weighted by Gasteiger charge is -2.03. The van der Waals surface area contributed by atoms with Crippen LogP contribution in [0.5, 0.6) is 0 Å². The fraction of sp³-hybridized carbons (Fsp3) is 0. The molecule has 3 aromatic rings. The maximum atomic E-state index is 13.6. The van der Waals surface area contributed by atoms with E-state index < -0.39 is 11.6 Å². The van der Waals surface area contributed by atoms with E-state index in [1.54, 1.807) is 30.3 Å². The average Bonchev–Trinajstić information content (AvgIpc) is 2.84. The van der Waals surface area contributed by atoms with Gasteiger partial charge in [0.2, 0.25) is 5.78 Å². The molecule has 20 heavy (non-hydrogen) atoms. The fourth-order valence-electron chi connectivity index (χ4n) is 1.98. The van der Waals surface area contributed by atoms with E-state index in [9.17, 15) is 9.18 Å². The SMILES string of the molecule is O=C(c1cc2cccc(F)c2o1)c1c(Cl)cccc1Cl. The molecule has 0 spiro atoms. The van der Waals surface area contributed by atoms with Gasteiger partial charge in [0.1, 0.15) is 0 Å². The summed E-state index contributed by atoms with van der Waals surface area (Å²) in [7, 11) is 0. The Morgan fingerprint density at radius 2 is 1.70 bits per heavy atom. The van der Waals surface area contributed by atoms with Gasteiger partial charge in [-0.15, -0.1) is 0 Å². The van der Waals surface area contributed by atoms with Crippen LogP contribution in [0.4, 0.5) is 4.39 Å². The van der Waals surface area contributed by atoms with Crippen molar-refractivity contribution in [3.05, 3.63) is 69.7 Å². The van der Waals surface area contributed by atoms with E-state index in [0.717, 1.165) is 0 Å². The summed E-state index contributed by atoms with van der Waals surface area (Å²) in [6.07, 6.45) is 0. The number of carbonyl (C=O) groups excluding carboxylic acids is 1. The molecule has 5 heteroatoms. The molecular weight excluding hydrogens is 302 g/mol. The average molecular weight is 309 g/mol. The van der Waals surface area contributed by atoms with E-state index in [-0.39, 0.29) is 27.0 Å². The van der Waals surface area contributed by atoms with Crippen LogP contribution in [0.3, 0.4) is 0 Å². The Labute approximate surface area is 123 Å². The number of furan rings is 1. The highest BCUT2D eigenvalue weighted by molar-refractivity contribution is 6.40. The van der Waals surface area contributed by atoms with Crippen LogP contribution in [0.2, 0.25) is 10.0 Å². The Balaban J connectivity index is 2.16. The largest absolute Gasteiger partial charge is 0.449 e. The van der Waals surface area contributed by atoms with Gasteiger partial charge in [-0.3, -0.25) is 4.79 Å². The third kappa shape index (κ3) is 2.09. The number of benzene rings is 2. The molecule has 0 N–H and O–H groups in total. The van der Waals surface area contributed by atoms with Crippen molar-refractivity contribution >= 4 is 40.0 Å².